The number of hydrogen-bond donors (Lipinski definition) is 2. The van der Waals surface area contributed by atoms with Crippen molar-refractivity contribution in [1.29, 1.82) is 0 Å². The van der Waals surface area contributed by atoms with Crippen molar-refractivity contribution in [3.05, 3.63) is 84.4 Å². The first-order valence-corrected chi connectivity index (χ1v) is 7.46. The Hall–Kier alpha value is -2.65. The lowest BCUT2D eigenvalue weighted by Gasteiger charge is -2.12. The number of hydrogen-bond acceptors (Lipinski definition) is 2. The highest BCUT2D eigenvalue weighted by molar-refractivity contribution is 7.81. The second-order valence-corrected chi connectivity index (χ2v) is 5.40. The van der Waals surface area contributed by atoms with Crippen LogP contribution in [0, 0.1) is 0 Å². The molecule has 0 amide bonds. The lowest BCUT2D eigenvalue weighted by molar-refractivity contribution is 1.57. The van der Waals surface area contributed by atoms with E-state index in [1.54, 1.807) is 0 Å². The summed E-state index contributed by atoms with van der Waals surface area (Å²) < 4.78 is 0. The molecule has 3 rings (SSSR count). The molecule has 0 heterocycles. The van der Waals surface area contributed by atoms with Crippen LogP contribution in [0.5, 0.6) is 0 Å². The van der Waals surface area contributed by atoms with E-state index in [1.165, 1.54) is 0 Å². The average molecular weight is 304 g/mol. The van der Waals surface area contributed by atoms with Gasteiger partial charge in [-0.05, 0) is 35.4 Å². The molecule has 0 atom stereocenters. The smallest absolute Gasteiger partial charge is 0.113 e. The zero-order valence-electron chi connectivity index (χ0n) is 12.0. The van der Waals surface area contributed by atoms with E-state index in [0.717, 1.165) is 22.4 Å². The van der Waals surface area contributed by atoms with Crippen LogP contribution in [0.3, 0.4) is 0 Å². The Bertz CT molecular complexity index is 783. The fourth-order valence-corrected chi connectivity index (χ4v) is 2.58. The van der Waals surface area contributed by atoms with Gasteiger partial charge in [0.15, 0.2) is 0 Å². The number of anilines is 2. The molecule has 0 aliphatic rings. The SMILES string of the molecule is Nc1ccc(-c2ccccc2)cc1C(=S)Nc1ccccc1. The van der Waals surface area contributed by atoms with Crippen LogP contribution in [0.1, 0.15) is 5.56 Å². The Morgan fingerprint density at radius 2 is 1.41 bits per heavy atom. The standard InChI is InChI=1S/C19H16N2S/c20-18-12-11-15(14-7-3-1-4-8-14)13-17(18)19(22)21-16-9-5-2-6-10-16/h1-13H,20H2,(H,21,22). The van der Waals surface area contributed by atoms with E-state index < -0.39 is 0 Å². The summed E-state index contributed by atoms with van der Waals surface area (Å²) in [5, 5.41) is 3.23. The van der Waals surface area contributed by atoms with E-state index >= 15 is 0 Å². The van der Waals surface area contributed by atoms with Crippen LogP contribution < -0.4 is 11.1 Å². The summed E-state index contributed by atoms with van der Waals surface area (Å²) in [7, 11) is 0. The van der Waals surface area contributed by atoms with Crippen LogP contribution in [0.2, 0.25) is 0 Å². The molecule has 0 aliphatic heterocycles. The summed E-state index contributed by atoms with van der Waals surface area (Å²) in [6.07, 6.45) is 0. The summed E-state index contributed by atoms with van der Waals surface area (Å²) >= 11 is 5.51. The Morgan fingerprint density at radius 3 is 2.09 bits per heavy atom. The first-order chi connectivity index (χ1) is 10.7. The Balaban J connectivity index is 1.91. The molecule has 3 N–H and O–H groups in total. The highest BCUT2D eigenvalue weighted by Gasteiger charge is 2.08. The second-order valence-electron chi connectivity index (χ2n) is 4.99. The number of thiocarbonyl (C=S) groups is 1. The van der Waals surface area contributed by atoms with Gasteiger partial charge in [-0.15, -0.1) is 0 Å². The van der Waals surface area contributed by atoms with E-state index in [2.05, 4.69) is 17.4 Å². The minimum atomic E-state index is 0.626. The molecule has 0 saturated heterocycles. The van der Waals surface area contributed by atoms with Gasteiger partial charge in [-0.25, -0.2) is 0 Å². The number of para-hydroxylation sites is 1. The lowest BCUT2D eigenvalue weighted by atomic mass is 10.0. The van der Waals surface area contributed by atoms with Gasteiger partial charge in [0.25, 0.3) is 0 Å². The summed E-state index contributed by atoms with van der Waals surface area (Å²) in [6.45, 7) is 0. The minimum Gasteiger partial charge on any atom is -0.398 e. The van der Waals surface area contributed by atoms with Crippen molar-refractivity contribution in [2.24, 2.45) is 0 Å². The highest BCUT2D eigenvalue weighted by Crippen LogP contribution is 2.24. The summed E-state index contributed by atoms with van der Waals surface area (Å²) in [5.41, 5.74) is 10.8. The predicted octanol–water partition coefficient (Wildman–Crippen LogP) is 4.72. The molecule has 108 valence electrons. The molecular formula is C19H16N2S. The van der Waals surface area contributed by atoms with Crippen molar-refractivity contribution < 1.29 is 0 Å². The predicted molar refractivity (Wildman–Crippen MR) is 98.1 cm³/mol. The van der Waals surface area contributed by atoms with Crippen LogP contribution >= 0.6 is 12.2 Å². The molecule has 0 bridgehead atoms. The zero-order valence-corrected chi connectivity index (χ0v) is 12.8. The topological polar surface area (TPSA) is 38.0 Å². The van der Waals surface area contributed by atoms with E-state index in [1.807, 2.05) is 66.7 Å². The molecule has 0 spiro atoms. The number of nitrogens with two attached hydrogens (primary N) is 1. The number of benzene rings is 3. The molecule has 0 aromatic heterocycles. The van der Waals surface area contributed by atoms with Crippen LogP contribution in [0.25, 0.3) is 11.1 Å². The maximum atomic E-state index is 6.09. The molecule has 0 radical (unpaired) electrons. The first-order valence-electron chi connectivity index (χ1n) is 7.05. The van der Waals surface area contributed by atoms with Crippen LogP contribution in [-0.2, 0) is 0 Å². The van der Waals surface area contributed by atoms with Crippen molar-refractivity contribution in [1.82, 2.24) is 0 Å². The van der Waals surface area contributed by atoms with Crippen LogP contribution in [0.15, 0.2) is 78.9 Å². The number of nitrogen functional groups attached to an aromatic ring is 1. The molecule has 0 aliphatic carbocycles. The van der Waals surface area contributed by atoms with Gasteiger partial charge in [0, 0.05) is 16.9 Å². The molecular weight excluding hydrogens is 288 g/mol. The Labute approximate surface area is 135 Å². The molecule has 22 heavy (non-hydrogen) atoms. The maximum Gasteiger partial charge on any atom is 0.113 e. The number of rotatable bonds is 3. The third kappa shape index (κ3) is 3.15. The fraction of sp³-hybridized carbons (Fsp3) is 0. The van der Waals surface area contributed by atoms with Gasteiger partial charge in [-0.2, -0.15) is 0 Å². The van der Waals surface area contributed by atoms with Gasteiger partial charge >= 0.3 is 0 Å². The van der Waals surface area contributed by atoms with Gasteiger partial charge in [-0.3, -0.25) is 0 Å². The van der Waals surface area contributed by atoms with Crippen molar-refractivity contribution in [3.63, 3.8) is 0 Å². The molecule has 0 fully saturated rings. The van der Waals surface area contributed by atoms with Crippen LogP contribution in [0.4, 0.5) is 11.4 Å². The molecule has 3 aromatic rings. The molecule has 3 heteroatoms. The van der Waals surface area contributed by atoms with Gasteiger partial charge in [0.1, 0.15) is 4.99 Å². The summed E-state index contributed by atoms with van der Waals surface area (Å²) in [5.74, 6) is 0. The molecule has 2 nitrogen and oxygen atoms in total. The zero-order chi connectivity index (χ0) is 15.4. The van der Waals surface area contributed by atoms with Gasteiger partial charge in [-0.1, -0.05) is 66.8 Å². The fourth-order valence-electron chi connectivity index (χ4n) is 2.28. The lowest BCUT2D eigenvalue weighted by Crippen LogP contribution is -2.12. The van der Waals surface area contributed by atoms with E-state index in [-0.39, 0.29) is 0 Å². The van der Waals surface area contributed by atoms with E-state index in [9.17, 15) is 0 Å². The molecule has 0 saturated carbocycles. The molecule has 3 aromatic carbocycles. The third-order valence-corrected chi connectivity index (χ3v) is 3.76. The van der Waals surface area contributed by atoms with Gasteiger partial charge in [0.2, 0.25) is 0 Å². The van der Waals surface area contributed by atoms with Gasteiger partial charge in [0.05, 0.1) is 0 Å². The van der Waals surface area contributed by atoms with Crippen molar-refractivity contribution >= 4 is 28.6 Å². The quantitative estimate of drug-likeness (QED) is 0.543. The van der Waals surface area contributed by atoms with Crippen molar-refractivity contribution in [2.75, 3.05) is 11.1 Å². The van der Waals surface area contributed by atoms with Crippen LogP contribution in [-0.4, -0.2) is 4.99 Å². The third-order valence-electron chi connectivity index (χ3n) is 3.44. The summed E-state index contributed by atoms with van der Waals surface area (Å²) in [4.78, 5) is 0.626. The molecule has 0 unspecified atom stereocenters. The first kappa shape index (κ1) is 14.3. The second kappa shape index (κ2) is 6.41. The largest absolute Gasteiger partial charge is 0.398 e. The Kier molecular flexibility index (Phi) is 4.17. The van der Waals surface area contributed by atoms with Gasteiger partial charge < -0.3 is 11.1 Å². The maximum absolute atomic E-state index is 6.09. The Morgan fingerprint density at radius 1 is 0.773 bits per heavy atom. The average Bonchev–Trinajstić information content (AvgIpc) is 2.57. The monoisotopic (exact) mass is 304 g/mol. The van der Waals surface area contributed by atoms with E-state index in [4.69, 9.17) is 18.0 Å². The van der Waals surface area contributed by atoms with Crippen molar-refractivity contribution in [3.8, 4) is 11.1 Å². The normalized spacial score (nSPS) is 10.2. The summed E-state index contributed by atoms with van der Waals surface area (Å²) in [6, 6.07) is 26.0. The minimum absolute atomic E-state index is 0.626. The van der Waals surface area contributed by atoms with Crippen molar-refractivity contribution in [2.45, 2.75) is 0 Å². The highest BCUT2D eigenvalue weighted by atomic mass is 32.1. The van der Waals surface area contributed by atoms with E-state index in [0.29, 0.717) is 10.7 Å². The number of nitrogens with one attached hydrogen (secondary N) is 1.